The molecular weight excluding hydrogens is 494 g/mol. The van der Waals surface area contributed by atoms with Crippen LogP contribution in [0.15, 0.2) is 47.4 Å². The van der Waals surface area contributed by atoms with Crippen LogP contribution in [-0.2, 0) is 29.4 Å². The van der Waals surface area contributed by atoms with Gasteiger partial charge in [-0.15, -0.1) is 0 Å². The first-order chi connectivity index (χ1) is 15.9. The van der Waals surface area contributed by atoms with Crippen molar-refractivity contribution in [1.29, 1.82) is 0 Å². The van der Waals surface area contributed by atoms with Gasteiger partial charge in [-0.1, -0.05) is 6.07 Å². The fourth-order valence-electron chi connectivity index (χ4n) is 3.52. The summed E-state index contributed by atoms with van der Waals surface area (Å²) in [5, 5.41) is 0. The van der Waals surface area contributed by atoms with E-state index in [-0.39, 0.29) is 29.3 Å². The van der Waals surface area contributed by atoms with Crippen molar-refractivity contribution >= 4 is 37.4 Å². The molecule has 0 saturated carbocycles. The molecule has 0 unspecified atom stereocenters. The highest BCUT2D eigenvalue weighted by Crippen LogP contribution is 2.20. The minimum absolute atomic E-state index is 0.00546. The van der Waals surface area contributed by atoms with Crippen LogP contribution in [0.3, 0.4) is 0 Å². The van der Waals surface area contributed by atoms with Crippen LogP contribution >= 0.6 is 0 Å². The van der Waals surface area contributed by atoms with E-state index in [2.05, 4.69) is 4.72 Å². The molecule has 3 rings (SSSR count). The predicted molar refractivity (Wildman–Crippen MR) is 118 cm³/mol. The van der Waals surface area contributed by atoms with Gasteiger partial charge in [-0.2, -0.15) is 0 Å². The third-order valence-corrected chi connectivity index (χ3v) is 8.32. The zero-order valence-corrected chi connectivity index (χ0v) is 19.7. The second-order valence-electron chi connectivity index (χ2n) is 7.57. The lowest BCUT2D eigenvalue weighted by Crippen LogP contribution is -2.43. The molecule has 13 heteroatoms. The number of sulfonamides is 1. The van der Waals surface area contributed by atoms with Gasteiger partial charge >= 0.3 is 5.97 Å². The molecule has 1 N–H and O–H groups in total. The van der Waals surface area contributed by atoms with Crippen molar-refractivity contribution in [2.75, 3.05) is 29.4 Å². The molecule has 184 valence electrons. The smallest absolute Gasteiger partial charge is 0.338 e. The summed E-state index contributed by atoms with van der Waals surface area (Å²) in [5.74, 6) is -4.13. The normalized spacial score (nSPS) is 17.2. The Bertz CT molecular complexity index is 1310. The van der Waals surface area contributed by atoms with Crippen molar-refractivity contribution in [3.63, 3.8) is 0 Å². The average molecular weight is 517 g/mol. The molecule has 1 heterocycles. The fourth-order valence-corrected chi connectivity index (χ4v) is 6.31. The first-order valence-electron chi connectivity index (χ1n) is 10.2. The van der Waals surface area contributed by atoms with E-state index in [9.17, 15) is 35.2 Å². The average Bonchev–Trinajstić information content (AvgIpc) is 3.13. The van der Waals surface area contributed by atoms with Gasteiger partial charge in [0.2, 0.25) is 0 Å². The monoisotopic (exact) mass is 516 g/mol. The summed E-state index contributed by atoms with van der Waals surface area (Å²) in [6.07, 6.45) is 0.315. The van der Waals surface area contributed by atoms with Gasteiger partial charge in [0.05, 0.1) is 22.0 Å². The minimum atomic E-state index is -4.27. The number of ether oxygens (including phenoxy) is 1. The molecule has 0 aliphatic carbocycles. The Balaban J connectivity index is 1.65. The van der Waals surface area contributed by atoms with Crippen molar-refractivity contribution in [1.82, 2.24) is 4.90 Å². The second kappa shape index (κ2) is 10.1. The largest absolute Gasteiger partial charge is 0.452 e. The summed E-state index contributed by atoms with van der Waals surface area (Å²) in [6, 6.07) is 6.80. The maximum atomic E-state index is 13.4. The number of nitrogens with one attached hydrogen (secondary N) is 1. The number of halogens is 2. The molecule has 0 spiro atoms. The van der Waals surface area contributed by atoms with E-state index >= 15 is 0 Å². The number of carbonyl (C=O) groups is 2. The zero-order chi connectivity index (χ0) is 25.1. The van der Waals surface area contributed by atoms with E-state index in [1.807, 2.05) is 0 Å². The number of benzene rings is 2. The molecule has 1 fully saturated rings. The highest BCUT2D eigenvalue weighted by Gasteiger charge is 2.34. The topological polar surface area (TPSA) is 127 Å². The van der Waals surface area contributed by atoms with Gasteiger partial charge in [0, 0.05) is 18.3 Å². The lowest BCUT2D eigenvalue weighted by atomic mass is 10.2. The van der Waals surface area contributed by atoms with Crippen molar-refractivity contribution in [2.24, 2.45) is 0 Å². The summed E-state index contributed by atoms with van der Waals surface area (Å²) in [5.41, 5.74) is -0.110. The third kappa shape index (κ3) is 6.08. The molecule has 1 atom stereocenters. The Morgan fingerprint density at radius 3 is 2.50 bits per heavy atom. The Hall–Kier alpha value is -3.06. The fraction of sp³-hybridized carbons (Fsp3) is 0.333. The first kappa shape index (κ1) is 25.6. The highest BCUT2D eigenvalue weighted by atomic mass is 32.2. The van der Waals surface area contributed by atoms with Gasteiger partial charge in [0.1, 0.15) is 0 Å². The number of anilines is 1. The molecule has 1 saturated heterocycles. The van der Waals surface area contributed by atoms with Crippen LogP contribution in [0.1, 0.15) is 23.7 Å². The molecule has 0 radical (unpaired) electrons. The van der Waals surface area contributed by atoms with Crippen molar-refractivity contribution in [3.8, 4) is 0 Å². The van der Waals surface area contributed by atoms with Crippen LogP contribution in [0, 0.1) is 11.6 Å². The van der Waals surface area contributed by atoms with Crippen LogP contribution in [0.25, 0.3) is 0 Å². The Kier molecular flexibility index (Phi) is 7.56. The van der Waals surface area contributed by atoms with Crippen LogP contribution in [0.5, 0.6) is 0 Å². The number of hydrogen-bond donors (Lipinski definition) is 1. The second-order valence-corrected chi connectivity index (χ2v) is 11.5. The summed E-state index contributed by atoms with van der Waals surface area (Å²) in [4.78, 5) is 25.7. The van der Waals surface area contributed by atoms with Crippen LogP contribution in [0.4, 0.5) is 14.5 Å². The van der Waals surface area contributed by atoms with Crippen molar-refractivity contribution in [3.05, 3.63) is 59.7 Å². The van der Waals surface area contributed by atoms with E-state index in [1.165, 1.54) is 23.1 Å². The maximum Gasteiger partial charge on any atom is 0.338 e. The van der Waals surface area contributed by atoms with E-state index in [4.69, 9.17) is 4.74 Å². The van der Waals surface area contributed by atoms with Gasteiger partial charge in [0.15, 0.2) is 28.1 Å². The molecule has 0 aromatic heterocycles. The van der Waals surface area contributed by atoms with Crippen molar-refractivity contribution < 1.29 is 39.9 Å². The number of likely N-dealkylation sites (N-methyl/N-ethyl adjacent to an activating group) is 1. The molecule has 1 aliphatic heterocycles. The van der Waals surface area contributed by atoms with E-state index in [0.717, 1.165) is 12.1 Å². The lowest BCUT2D eigenvalue weighted by Gasteiger charge is -2.26. The van der Waals surface area contributed by atoms with E-state index < -0.39 is 60.9 Å². The Labute approximate surface area is 195 Å². The summed E-state index contributed by atoms with van der Waals surface area (Å²) in [7, 11) is -7.47. The van der Waals surface area contributed by atoms with Crippen LogP contribution in [-0.4, -0.2) is 64.3 Å². The van der Waals surface area contributed by atoms with Gasteiger partial charge < -0.3 is 9.64 Å². The van der Waals surface area contributed by atoms with E-state index in [0.29, 0.717) is 18.6 Å². The zero-order valence-electron chi connectivity index (χ0n) is 18.0. The van der Waals surface area contributed by atoms with Gasteiger partial charge in [0.25, 0.3) is 15.9 Å². The number of esters is 1. The third-order valence-electron chi connectivity index (χ3n) is 5.19. The van der Waals surface area contributed by atoms with Gasteiger partial charge in [-0.05, 0) is 49.7 Å². The number of carbonyl (C=O) groups excluding carboxylic acids is 2. The summed E-state index contributed by atoms with van der Waals surface area (Å²) in [6.45, 7) is 1.32. The highest BCUT2D eigenvalue weighted by molar-refractivity contribution is 7.92. The lowest BCUT2D eigenvalue weighted by molar-refractivity contribution is -0.136. The number of hydrogen-bond acceptors (Lipinski definition) is 7. The van der Waals surface area contributed by atoms with Crippen LogP contribution < -0.4 is 4.72 Å². The Morgan fingerprint density at radius 1 is 1.15 bits per heavy atom. The van der Waals surface area contributed by atoms with Gasteiger partial charge in [-0.3, -0.25) is 9.52 Å². The van der Waals surface area contributed by atoms with Crippen molar-refractivity contribution in [2.45, 2.75) is 24.3 Å². The molecular formula is C21H22F2N2O7S2. The number of amides is 1. The molecule has 9 nitrogen and oxygen atoms in total. The van der Waals surface area contributed by atoms with Crippen LogP contribution in [0.2, 0.25) is 0 Å². The molecule has 1 amide bonds. The standard InChI is InChI=1S/C21H22F2N2O7S2/c1-2-25(16-8-9-33(28,29)13-16)20(26)12-32-21(27)14-4-3-5-15(10-14)24-34(30,31)17-6-7-18(22)19(23)11-17/h3-7,10-11,16,24H,2,8-9,12-13H2,1H3/t16-/m0/s1. The predicted octanol–water partition coefficient (Wildman–Crippen LogP) is 1.96. The van der Waals surface area contributed by atoms with E-state index in [1.54, 1.807) is 6.92 Å². The first-order valence-corrected chi connectivity index (χ1v) is 13.5. The molecule has 2 aromatic carbocycles. The summed E-state index contributed by atoms with van der Waals surface area (Å²) < 4.78 is 81.9. The molecule has 2 aromatic rings. The number of sulfone groups is 1. The molecule has 1 aliphatic rings. The molecule has 0 bridgehead atoms. The summed E-state index contributed by atoms with van der Waals surface area (Å²) >= 11 is 0. The quantitative estimate of drug-likeness (QED) is 0.532. The number of nitrogens with zero attached hydrogens (tertiary/aromatic N) is 1. The SMILES string of the molecule is CCN(C(=O)COC(=O)c1cccc(NS(=O)(=O)c2ccc(F)c(F)c2)c1)[C@H]1CCS(=O)(=O)C1. The Morgan fingerprint density at radius 2 is 1.88 bits per heavy atom. The molecule has 34 heavy (non-hydrogen) atoms. The van der Waals surface area contributed by atoms with Gasteiger partial charge in [-0.25, -0.2) is 30.4 Å². The minimum Gasteiger partial charge on any atom is -0.452 e. The maximum absolute atomic E-state index is 13.4. The number of rotatable bonds is 8.